The zero-order valence-electron chi connectivity index (χ0n) is 14.4. The highest BCUT2D eigenvalue weighted by Gasteiger charge is 2.10. The molecule has 6 nitrogen and oxygen atoms in total. The molecule has 1 amide bonds. The fourth-order valence-electron chi connectivity index (χ4n) is 2.88. The van der Waals surface area contributed by atoms with Crippen LogP contribution >= 0.6 is 0 Å². The minimum absolute atomic E-state index is 0.286. The first-order valence-corrected chi connectivity index (χ1v) is 8.51. The van der Waals surface area contributed by atoms with E-state index in [1.807, 2.05) is 54.6 Å². The normalized spacial score (nSPS) is 10.7. The number of para-hydroxylation sites is 1. The van der Waals surface area contributed by atoms with Gasteiger partial charge in [0, 0.05) is 6.54 Å². The van der Waals surface area contributed by atoms with Crippen LogP contribution in [0, 0.1) is 0 Å². The van der Waals surface area contributed by atoms with Crippen molar-refractivity contribution in [3.8, 4) is 11.1 Å². The van der Waals surface area contributed by atoms with Gasteiger partial charge in [-0.05, 0) is 34.9 Å². The van der Waals surface area contributed by atoms with Crippen LogP contribution in [0.4, 0.5) is 4.79 Å². The van der Waals surface area contributed by atoms with Gasteiger partial charge in [-0.3, -0.25) is 14.7 Å². The second-order valence-electron chi connectivity index (χ2n) is 6.06. The molecule has 0 unspecified atom stereocenters. The lowest BCUT2D eigenvalue weighted by Gasteiger charge is -2.08. The van der Waals surface area contributed by atoms with Gasteiger partial charge >= 0.3 is 11.7 Å². The van der Waals surface area contributed by atoms with Gasteiger partial charge in [-0.15, -0.1) is 0 Å². The highest BCUT2D eigenvalue weighted by atomic mass is 16.7. The monoisotopic (exact) mass is 359 g/mol. The summed E-state index contributed by atoms with van der Waals surface area (Å²) in [6.07, 6.45) is -0.714. The highest BCUT2D eigenvalue weighted by Crippen LogP contribution is 2.19. The topological polar surface area (TPSA) is 76.1 Å². The molecule has 0 atom stereocenters. The molecule has 0 spiro atoms. The number of nitrogens with one attached hydrogen (secondary N) is 2. The summed E-state index contributed by atoms with van der Waals surface area (Å²) in [7, 11) is 0. The highest BCUT2D eigenvalue weighted by molar-refractivity contribution is 5.77. The molecule has 0 aliphatic carbocycles. The van der Waals surface area contributed by atoms with Gasteiger partial charge in [0.25, 0.3) is 0 Å². The van der Waals surface area contributed by atoms with Crippen LogP contribution in [0.15, 0.2) is 83.7 Å². The van der Waals surface area contributed by atoms with E-state index in [4.69, 9.17) is 4.84 Å². The summed E-state index contributed by atoms with van der Waals surface area (Å²) in [6, 6.07) is 24.8. The molecule has 0 aliphatic rings. The fraction of sp³-hybridized carbons (Fsp3) is 0.0476. The van der Waals surface area contributed by atoms with Gasteiger partial charge in [0.15, 0.2) is 0 Å². The minimum Gasteiger partial charge on any atom is -0.316 e. The van der Waals surface area contributed by atoms with Crippen molar-refractivity contribution in [2.24, 2.45) is 0 Å². The Kier molecular flexibility index (Phi) is 4.45. The number of benzene rings is 3. The van der Waals surface area contributed by atoms with Crippen molar-refractivity contribution in [3.63, 3.8) is 0 Å². The molecule has 0 aliphatic heterocycles. The van der Waals surface area contributed by atoms with Crippen molar-refractivity contribution >= 4 is 17.0 Å². The Morgan fingerprint density at radius 3 is 2.48 bits per heavy atom. The van der Waals surface area contributed by atoms with Gasteiger partial charge in [-0.25, -0.2) is 4.79 Å². The van der Waals surface area contributed by atoms with Crippen molar-refractivity contribution in [1.82, 2.24) is 15.3 Å². The zero-order chi connectivity index (χ0) is 18.6. The molecule has 0 saturated heterocycles. The Hall–Kier alpha value is -3.80. The van der Waals surface area contributed by atoms with E-state index in [1.165, 1.54) is 0 Å². The Bertz CT molecular complexity index is 1150. The molecule has 3 aromatic carbocycles. The third kappa shape index (κ3) is 3.59. The summed E-state index contributed by atoms with van der Waals surface area (Å²) in [4.78, 5) is 30.1. The lowest BCUT2D eigenvalue weighted by atomic mass is 10.0. The van der Waals surface area contributed by atoms with Crippen molar-refractivity contribution in [1.29, 1.82) is 0 Å². The zero-order valence-corrected chi connectivity index (χ0v) is 14.4. The predicted octanol–water partition coefficient (Wildman–Crippen LogP) is 3.34. The van der Waals surface area contributed by atoms with E-state index in [-0.39, 0.29) is 6.54 Å². The van der Waals surface area contributed by atoms with Gasteiger partial charge in [-0.1, -0.05) is 65.5 Å². The van der Waals surface area contributed by atoms with Crippen molar-refractivity contribution in [2.45, 2.75) is 6.54 Å². The third-order valence-electron chi connectivity index (χ3n) is 4.21. The molecule has 0 fully saturated rings. The number of hydrogen-bond acceptors (Lipinski definition) is 3. The van der Waals surface area contributed by atoms with Crippen molar-refractivity contribution in [3.05, 3.63) is 94.8 Å². The number of fused-ring (bicyclic) bond motifs is 1. The maximum Gasteiger partial charge on any atom is 0.433 e. The van der Waals surface area contributed by atoms with E-state index in [0.29, 0.717) is 10.9 Å². The van der Waals surface area contributed by atoms with E-state index in [9.17, 15) is 9.59 Å². The second kappa shape index (κ2) is 7.21. The number of H-pyrrole nitrogens is 1. The molecular formula is C21H17N3O3. The second-order valence-corrected chi connectivity index (χ2v) is 6.06. The number of nitrogens with zero attached hydrogens (tertiary/aromatic N) is 1. The molecule has 0 radical (unpaired) electrons. The smallest absolute Gasteiger partial charge is 0.316 e. The number of amides is 1. The van der Waals surface area contributed by atoms with Crippen LogP contribution < -0.4 is 15.7 Å². The quantitative estimate of drug-likeness (QED) is 0.587. The van der Waals surface area contributed by atoms with Crippen LogP contribution in [0.3, 0.4) is 0 Å². The summed E-state index contributed by atoms with van der Waals surface area (Å²) in [5, 5.41) is 5.86. The summed E-state index contributed by atoms with van der Waals surface area (Å²) in [6.45, 7) is 0.286. The number of rotatable bonds is 4. The van der Waals surface area contributed by atoms with Gasteiger partial charge in [0.05, 0.1) is 10.9 Å². The first kappa shape index (κ1) is 16.7. The number of aromatic nitrogens is 2. The molecular weight excluding hydrogens is 342 g/mol. The van der Waals surface area contributed by atoms with Crippen LogP contribution in [0.25, 0.3) is 22.0 Å². The first-order chi connectivity index (χ1) is 13.2. The average Bonchev–Trinajstić information content (AvgIpc) is 3.03. The van der Waals surface area contributed by atoms with Crippen LogP contribution in [-0.4, -0.2) is 16.0 Å². The van der Waals surface area contributed by atoms with Gasteiger partial charge < -0.3 is 5.32 Å². The molecule has 6 heteroatoms. The summed E-state index contributed by atoms with van der Waals surface area (Å²) in [5.74, 6) is 0. The summed E-state index contributed by atoms with van der Waals surface area (Å²) in [5.41, 5.74) is 3.29. The molecule has 4 rings (SSSR count). The maximum absolute atomic E-state index is 12.2. The van der Waals surface area contributed by atoms with E-state index < -0.39 is 11.7 Å². The van der Waals surface area contributed by atoms with Crippen molar-refractivity contribution in [2.75, 3.05) is 0 Å². The number of carbonyl (C=O) groups excluding carboxylic acids is 1. The van der Waals surface area contributed by atoms with Gasteiger partial charge in [0.1, 0.15) is 0 Å². The molecule has 0 saturated carbocycles. The predicted molar refractivity (Wildman–Crippen MR) is 103 cm³/mol. The van der Waals surface area contributed by atoms with E-state index in [0.717, 1.165) is 21.5 Å². The SMILES string of the molecule is O=C(NCc1cccc(-c2ccccc2)c1)On1[nH]c2ccccc2c1=O. The molecule has 0 bridgehead atoms. The van der Waals surface area contributed by atoms with Crippen LogP contribution in [0.2, 0.25) is 0 Å². The van der Waals surface area contributed by atoms with Gasteiger partial charge in [0.2, 0.25) is 0 Å². The number of aromatic amines is 1. The Labute approximate surface area is 155 Å². The number of hydrogen-bond donors (Lipinski definition) is 2. The van der Waals surface area contributed by atoms with E-state index in [1.54, 1.807) is 24.3 Å². The van der Waals surface area contributed by atoms with Crippen LogP contribution in [-0.2, 0) is 6.54 Å². The average molecular weight is 359 g/mol. The standard InChI is InChI=1S/C21H17N3O3/c25-20-18-11-4-5-12-19(18)23-24(20)27-21(26)22-14-15-7-6-10-17(13-15)16-8-2-1-3-9-16/h1-13,23H,14H2,(H,22,26). The molecule has 1 aromatic heterocycles. The van der Waals surface area contributed by atoms with Crippen molar-refractivity contribution < 1.29 is 9.63 Å². The lowest BCUT2D eigenvalue weighted by Crippen LogP contribution is -2.36. The first-order valence-electron chi connectivity index (χ1n) is 8.51. The molecule has 1 heterocycles. The molecule has 2 N–H and O–H groups in total. The van der Waals surface area contributed by atoms with Crippen LogP contribution in [0.5, 0.6) is 0 Å². The fourth-order valence-corrected chi connectivity index (χ4v) is 2.88. The number of carbonyl (C=O) groups is 1. The van der Waals surface area contributed by atoms with Gasteiger partial charge in [-0.2, -0.15) is 0 Å². The Morgan fingerprint density at radius 1 is 0.926 bits per heavy atom. The lowest BCUT2D eigenvalue weighted by molar-refractivity contribution is 0.112. The molecule has 134 valence electrons. The Morgan fingerprint density at radius 2 is 1.67 bits per heavy atom. The summed E-state index contributed by atoms with van der Waals surface area (Å²) >= 11 is 0. The summed E-state index contributed by atoms with van der Waals surface area (Å²) < 4.78 is 0. The molecule has 27 heavy (non-hydrogen) atoms. The third-order valence-corrected chi connectivity index (χ3v) is 4.21. The maximum atomic E-state index is 12.2. The molecule has 4 aromatic rings. The minimum atomic E-state index is -0.714. The largest absolute Gasteiger partial charge is 0.433 e. The Balaban J connectivity index is 1.43. The van der Waals surface area contributed by atoms with E-state index >= 15 is 0 Å². The van der Waals surface area contributed by atoms with Crippen LogP contribution in [0.1, 0.15) is 5.56 Å². The van der Waals surface area contributed by atoms with E-state index in [2.05, 4.69) is 10.4 Å².